The topological polar surface area (TPSA) is 50.3 Å². The fourth-order valence-corrected chi connectivity index (χ4v) is 7.49. The average Bonchev–Trinajstić information content (AvgIpc) is 3.18. The van der Waals surface area contributed by atoms with E-state index in [0.29, 0.717) is 47.4 Å². The van der Waals surface area contributed by atoms with Crippen molar-refractivity contribution in [2.24, 2.45) is 0 Å². The summed E-state index contributed by atoms with van der Waals surface area (Å²) < 4.78 is 26.1. The molecular formula is C21H18Cl4N2O2S2. The van der Waals surface area contributed by atoms with Crippen molar-refractivity contribution in [3.8, 4) is 0 Å². The van der Waals surface area contributed by atoms with Crippen LogP contribution in [0.4, 0.5) is 5.13 Å². The molecule has 2 heterocycles. The molecule has 0 unspecified atom stereocenters. The van der Waals surface area contributed by atoms with Gasteiger partial charge in [0.1, 0.15) is 0 Å². The molecule has 0 N–H and O–H groups in total. The lowest BCUT2D eigenvalue weighted by Gasteiger charge is -2.31. The number of sulfone groups is 1. The van der Waals surface area contributed by atoms with E-state index < -0.39 is 15.1 Å². The number of benzene rings is 2. The van der Waals surface area contributed by atoms with Gasteiger partial charge in [-0.15, -0.1) is 11.3 Å². The number of hydrogen-bond donors (Lipinski definition) is 0. The summed E-state index contributed by atoms with van der Waals surface area (Å²) >= 11 is 25.8. The Balaban J connectivity index is 1.42. The SMILES string of the molecule is O=S(=O)(c1ccc(Cl)cc1Cl)C1CCN(c2nc(Cc3ccc(Cl)cc3Cl)cs2)CC1. The average molecular weight is 536 g/mol. The molecule has 31 heavy (non-hydrogen) atoms. The van der Waals surface area contributed by atoms with Gasteiger partial charge >= 0.3 is 0 Å². The van der Waals surface area contributed by atoms with Gasteiger partial charge < -0.3 is 4.90 Å². The van der Waals surface area contributed by atoms with Crippen molar-refractivity contribution in [3.05, 3.63) is 73.1 Å². The number of hydrogen-bond acceptors (Lipinski definition) is 5. The Labute approximate surface area is 205 Å². The highest BCUT2D eigenvalue weighted by Gasteiger charge is 2.33. The molecule has 0 saturated carbocycles. The van der Waals surface area contributed by atoms with Gasteiger partial charge in [-0.2, -0.15) is 0 Å². The minimum Gasteiger partial charge on any atom is -0.348 e. The third-order valence-electron chi connectivity index (χ3n) is 5.28. The van der Waals surface area contributed by atoms with Crippen molar-refractivity contribution in [2.45, 2.75) is 29.4 Å². The van der Waals surface area contributed by atoms with E-state index in [-0.39, 0.29) is 9.92 Å². The molecule has 4 nitrogen and oxygen atoms in total. The van der Waals surface area contributed by atoms with Gasteiger partial charge in [0.05, 0.1) is 20.9 Å². The lowest BCUT2D eigenvalue weighted by atomic mass is 10.1. The van der Waals surface area contributed by atoms with Crippen LogP contribution in [0.25, 0.3) is 0 Å². The van der Waals surface area contributed by atoms with Crippen LogP contribution < -0.4 is 4.90 Å². The molecule has 1 aliphatic heterocycles. The van der Waals surface area contributed by atoms with Gasteiger partial charge in [-0.3, -0.25) is 0 Å². The van der Waals surface area contributed by atoms with Crippen LogP contribution in [0.5, 0.6) is 0 Å². The molecule has 1 fully saturated rings. The standard InChI is InChI=1S/C21H18Cl4N2O2S2/c22-14-2-1-13(18(24)10-14)9-16-12-30-21(26-16)27-7-5-17(6-8-27)31(28,29)20-4-3-15(23)11-19(20)25/h1-4,10-12,17H,5-9H2. The van der Waals surface area contributed by atoms with Crippen LogP contribution in [0.2, 0.25) is 20.1 Å². The number of rotatable bonds is 5. The predicted octanol–water partition coefficient (Wildman–Crippen LogP) is 6.79. The summed E-state index contributed by atoms with van der Waals surface area (Å²) in [5, 5.41) is 4.23. The van der Waals surface area contributed by atoms with Gasteiger partial charge in [-0.05, 0) is 48.7 Å². The molecule has 0 radical (unpaired) electrons. The van der Waals surface area contributed by atoms with Crippen LogP contribution in [0.1, 0.15) is 24.1 Å². The molecule has 1 aliphatic rings. The summed E-state index contributed by atoms with van der Waals surface area (Å²) in [6.45, 7) is 1.23. The van der Waals surface area contributed by atoms with Crippen LogP contribution in [0.15, 0.2) is 46.7 Å². The summed E-state index contributed by atoms with van der Waals surface area (Å²) in [5.74, 6) is 0. The molecule has 4 rings (SSSR count). The van der Waals surface area contributed by atoms with Crippen molar-refractivity contribution in [1.82, 2.24) is 4.98 Å². The van der Waals surface area contributed by atoms with E-state index in [4.69, 9.17) is 51.4 Å². The van der Waals surface area contributed by atoms with Gasteiger partial charge in [0.2, 0.25) is 0 Å². The fourth-order valence-electron chi connectivity index (χ4n) is 3.63. The Hall–Kier alpha value is -1.02. The van der Waals surface area contributed by atoms with E-state index >= 15 is 0 Å². The molecule has 0 bridgehead atoms. The maximum Gasteiger partial charge on any atom is 0.185 e. The first-order valence-corrected chi connectivity index (χ1v) is 13.5. The number of aromatic nitrogens is 1. The van der Waals surface area contributed by atoms with Crippen molar-refractivity contribution in [3.63, 3.8) is 0 Å². The first-order valence-electron chi connectivity index (χ1n) is 9.56. The summed E-state index contributed by atoms with van der Waals surface area (Å²) in [6.07, 6.45) is 1.64. The lowest BCUT2D eigenvalue weighted by Crippen LogP contribution is -2.39. The maximum atomic E-state index is 13.0. The molecular weight excluding hydrogens is 518 g/mol. The largest absolute Gasteiger partial charge is 0.348 e. The Bertz CT molecular complexity index is 1210. The van der Waals surface area contributed by atoms with Crippen molar-refractivity contribution >= 4 is 72.7 Å². The Morgan fingerprint density at radius 2 is 1.61 bits per heavy atom. The van der Waals surface area contributed by atoms with Gasteiger partial charge in [-0.25, -0.2) is 13.4 Å². The second-order valence-electron chi connectivity index (χ2n) is 7.34. The second-order valence-corrected chi connectivity index (χ2v) is 12.1. The summed E-state index contributed by atoms with van der Waals surface area (Å²) in [4.78, 5) is 7.01. The van der Waals surface area contributed by atoms with E-state index in [0.717, 1.165) is 16.4 Å². The van der Waals surface area contributed by atoms with Gasteiger partial charge in [-0.1, -0.05) is 52.5 Å². The van der Waals surface area contributed by atoms with Crippen molar-refractivity contribution in [1.29, 1.82) is 0 Å². The van der Waals surface area contributed by atoms with Crippen LogP contribution in [0.3, 0.4) is 0 Å². The summed E-state index contributed by atoms with van der Waals surface area (Å²) in [7, 11) is -3.52. The van der Waals surface area contributed by atoms with Gasteiger partial charge in [0.25, 0.3) is 0 Å². The molecule has 2 aromatic carbocycles. The third kappa shape index (κ3) is 5.15. The number of halogens is 4. The Morgan fingerprint density at radius 1 is 0.968 bits per heavy atom. The molecule has 0 amide bonds. The summed E-state index contributed by atoms with van der Waals surface area (Å²) in [6, 6.07) is 9.95. The van der Waals surface area contributed by atoms with E-state index in [9.17, 15) is 8.42 Å². The highest BCUT2D eigenvalue weighted by molar-refractivity contribution is 7.92. The van der Waals surface area contributed by atoms with Crippen LogP contribution in [-0.4, -0.2) is 31.7 Å². The van der Waals surface area contributed by atoms with Crippen LogP contribution in [-0.2, 0) is 16.3 Å². The van der Waals surface area contributed by atoms with Crippen LogP contribution in [0, 0.1) is 0 Å². The first-order chi connectivity index (χ1) is 14.7. The van der Waals surface area contributed by atoms with E-state index in [1.165, 1.54) is 12.1 Å². The van der Waals surface area contributed by atoms with E-state index in [1.807, 2.05) is 17.5 Å². The van der Waals surface area contributed by atoms with Gasteiger partial charge in [0, 0.05) is 40.0 Å². The Morgan fingerprint density at radius 3 is 2.26 bits per heavy atom. The second kappa shape index (κ2) is 9.46. The first kappa shape index (κ1) is 23.1. The molecule has 0 atom stereocenters. The predicted molar refractivity (Wildman–Crippen MR) is 130 cm³/mol. The van der Waals surface area contributed by atoms with E-state index in [1.54, 1.807) is 23.5 Å². The molecule has 0 aliphatic carbocycles. The van der Waals surface area contributed by atoms with Crippen molar-refractivity contribution in [2.75, 3.05) is 18.0 Å². The quantitative estimate of drug-likeness (QED) is 0.361. The minimum atomic E-state index is -3.52. The molecule has 0 spiro atoms. The number of piperidine rings is 1. The number of anilines is 1. The zero-order valence-electron chi connectivity index (χ0n) is 16.2. The molecule has 10 heteroatoms. The highest BCUT2D eigenvalue weighted by atomic mass is 35.5. The summed E-state index contributed by atoms with van der Waals surface area (Å²) in [5.41, 5.74) is 1.89. The normalized spacial score (nSPS) is 15.4. The fraction of sp³-hybridized carbons (Fsp3) is 0.286. The van der Waals surface area contributed by atoms with Crippen LogP contribution >= 0.6 is 57.7 Å². The maximum absolute atomic E-state index is 13.0. The van der Waals surface area contributed by atoms with Gasteiger partial charge in [0.15, 0.2) is 15.0 Å². The minimum absolute atomic E-state index is 0.147. The lowest BCUT2D eigenvalue weighted by molar-refractivity contribution is 0.529. The highest BCUT2D eigenvalue weighted by Crippen LogP contribution is 2.33. The number of nitrogens with zero attached hydrogens (tertiary/aromatic N) is 2. The molecule has 3 aromatic rings. The smallest absolute Gasteiger partial charge is 0.185 e. The van der Waals surface area contributed by atoms with E-state index in [2.05, 4.69) is 4.90 Å². The van der Waals surface area contributed by atoms with Crippen molar-refractivity contribution < 1.29 is 8.42 Å². The number of thiazole rings is 1. The Kier molecular flexibility index (Phi) is 7.06. The zero-order valence-corrected chi connectivity index (χ0v) is 20.9. The third-order valence-corrected chi connectivity index (χ3v) is 9.79. The monoisotopic (exact) mass is 534 g/mol. The molecule has 1 aromatic heterocycles. The molecule has 1 saturated heterocycles. The zero-order chi connectivity index (χ0) is 22.2. The molecule has 164 valence electrons.